The Morgan fingerprint density at radius 3 is 2.84 bits per heavy atom. The fourth-order valence-electron chi connectivity index (χ4n) is 1.37. The van der Waals surface area contributed by atoms with Crippen LogP contribution < -0.4 is 5.32 Å². The molecule has 19 heavy (non-hydrogen) atoms. The molecular weight excluding hydrogens is 318 g/mol. The minimum atomic E-state index is -0.573. The molecule has 0 saturated carbocycles. The molecule has 2 aromatic rings. The van der Waals surface area contributed by atoms with Gasteiger partial charge in [0.15, 0.2) is 0 Å². The van der Waals surface area contributed by atoms with Gasteiger partial charge in [-0.2, -0.15) is 4.98 Å². The van der Waals surface area contributed by atoms with Crippen LogP contribution in [0.1, 0.15) is 16.1 Å². The number of nitrogens with zero attached hydrogens (tertiary/aromatic N) is 2. The van der Waals surface area contributed by atoms with E-state index >= 15 is 0 Å². The number of benzene rings is 1. The number of aromatic nitrogens is 1. The number of carbonyl (C=O) groups is 1. The number of oxazole rings is 1. The van der Waals surface area contributed by atoms with Crippen molar-refractivity contribution in [3.05, 3.63) is 50.3 Å². The van der Waals surface area contributed by atoms with Crippen molar-refractivity contribution >= 4 is 33.5 Å². The molecule has 0 aliphatic heterocycles. The number of halogens is 1. The molecule has 8 heteroatoms. The van der Waals surface area contributed by atoms with Crippen LogP contribution in [0.4, 0.5) is 11.7 Å². The number of nitrogens with one attached hydrogen (secondary N) is 1. The first kappa shape index (κ1) is 13.2. The van der Waals surface area contributed by atoms with Crippen molar-refractivity contribution in [3.63, 3.8) is 0 Å². The van der Waals surface area contributed by atoms with E-state index in [1.165, 1.54) is 24.5 Å². The van der Waals surface area contributed by atoms with Crippen molar-refractivity contribution < 1.29 is 14.1 Å². The van der Waals surface area contributed by atoms with E-state index in [1.54, 1.807) is 6.92 Å². The molecule has 0 bridgehead atoms. The summed E-state index contributed by atoms with van der Waals surface area (Å²) in [6.07, 6.45) is 1.39. The predicted octanol–water partition coefficient (Wildman–Crippen LogP) is 2.91. The molecule has 0 atom stereocenters. The maximum Gasteiger partial charge on any atom is 0.301 e. The van der Waals surface area contributed by atoms with Gasteiger partial charge in [0.2, 0.25) is 0 Å². The Bertz CT molecular complexity index is 653. The highest BCUT2D eigenvalue weighted by atomic mass is 79.9. The molecule has 1 heterocycles. The molecule has 0 aliphatic carbocycles. The third-order valence-electron chi connectivity index (χ3n) is 2.24. The Labute approximate surface area is 115 Å². The van der Waals surface area contributed by atoms with Crippen molar-refractivity contribution in [2.45, 2.75) is 6.92 Å². The third kappa shape index (κ3) is 2.97. The van der Waals surface area contributed by atoms with Gasteiger partial charge >= 0.3 is 6.01 Å². The van der Waals surface area contributed by atoms with Crippen molar-refractivity contribution in [2.75, 3.05) is 5.32 Å². The van der Waals surface area contributed by atoms with E-state index < -0.39 is 10.8 Å². The standard InChI is InChI=1S/C11H8BrN3O4/c1-6-5-19-11(13-6)14-10(16)7-2-3-8(12)9(4-7)15(17)18/h2-5H,1H3,(H,13,14,16). The number of hydrogen-bond acceptors (Lipinski definition) is 5. The summed E-state index contributed by atoms with van der Waals surface area (Å²) in [4.78, 5) is 26.0. The third-order valence-corrected chi connectivity index (χ3v) is 2.92. The molecule has 0 unspecified atom stereocenters. The van der Waals surface area contributed by atoms with E-state index in [4.69, 9.17) is 4.42 Å². The minimum absolute atomic E-state index is 0.0491. The second-order valence-corrected chi connectivity index (χ2v) is 4.53. The van der Waals surface area contributed by atoms with E-state index in [9.17, 15) is 14.9 Å². The predicted molar refractivity (Wildman–Crippen MR) is 70.0 cm³/mol. The van der Waals surface area contributed by atoms with Gasteiger partial charge in [-0.15, -0.1) is 0 Å². The quantitative estimate of drug-likeness (QED) is 0.691. The van der Waals surface area contributed by atoms with E-state index in [1.807, 2.05) is 0 Å². The van der Waals surface area contributed by atoms with Gasteiger partial charge in [-0.3, -0.25) is 20.2 Å². The summed E-state index contributed by atoms with van der Waals surface area (Å²) in [5, 5.41) is 13.2. The van der Waals surface area contributed by atoms with E-state index in [2.05, 4.69) is 26.2 Å². The Morgan fingerprint density at radius 2 is 2.26 bits per heavy atom. The first-order valence-electron chi connectivity index (χ1n) is 5.15. The van der Waals surface area contributed by atoms with Crippen molar-refractivity contribution in [3.8, 4) is 0 Å². The van der Waals surface area contributed by atoms with Gasteiger partial charge in [0, 0.05) is 11.6 Å². The van der Waals surface area contributed by atoms with Crippen molar-refractivity contribution in [1.29, 1.82) is 0 Å². The van der Waals surface area contributed by atoms with E-state index in [0.29, 0.717) is 10.2 Å². The average molecular weight is 326 g/mol. The number of carbonyl (C=O) groups excluding carboxylic acids is 1. The van der Waals surface area contributed by atoms with E-state index in [0.717, 1.165) is 0 Å². The number of anilines is 1. The smallest absolute Gasteiger partial charge is 0.301 e. The Balaban J connectivity index is 2.24. The van der Waals surface area contributed by atoms with Gasteiger partial charge in [0.05, 0.1) is 15.1 Å². The minimum Gasteiger partial charge on any atom is -0.432 e. The molecule has 98 valence electrons. The second kappa shape index (κ2) is 5.19. The molecule has 0 radical (unpaired) electrons. The zero-order valence-electron chi connectivity index (χ0n) is 9.71. The Hall–Kier alpha value is -2.22. The van der Waals surface area contributed by atoms with Gasteiger partial charge in [-0.1, -0.05) is 0 Å². The number of rotatable bonds is 3. The summed E-state index contributed by atoms with van der Waals surface area (Å²) in [6.45, 7) is 1.71. The summed E-state index contributed by atoms with van der Waals surface area (Å²) in [7, 11) is 0. The van der Waals surface area contributed by atoms with E-state index in [-0.39, 0.29) is 17.3 Å². The summed E-state index contributed by atoms with van der Waals surface area (Å²) in [6, 6.07) is 4.12. The molecule has 1 N–H and O–H groups in total. The first-order valence-corrected chi connectivity index (χ1v) is 5.94. The molecule has 0 spiro atoms. The normalized spacial score (nSPS) is 10.2. The first-order chi connectivity index (χ1) is 8.97. The second-order valence-electron chi connectivity index (χ2n) is 3.67. The highest BCUT2D eigenvalue weighted by Gasteiger charge is 2.17. The van der Waals surface area contributed by atoms with Crippen LogP contribution in [-0.4, -0.2) is 15.8 Å². The molecule has 7 nitrogen and oxygen atoms in total. The highest BCUT2D eigenvalue weighted by molar-refractivity contribution is 9.10. The van der Waals surface area contributed by atoms with Gasteiger partial charge in [0.25, 0.3) is 11.6 Å². The van der Waals surface area contributed by atoms with Crippen LogP contribution in [0.2, 0.25) is 0 Å². The van der Waals surface area contributed by atoms with Crippen molar-refractivity contribution in [1.82, 2.24) is 4.98 Å². The summed E-state index contributed by atoms with van der Waals surface area (Å²) < 4.78 is 5.28. The molecule has 1 aromatic carbocycles. The summed E-state index contributed by atoms with van der Waals surface area (Å²) in [5.41, 5.74) is 0.582. The largest absolute Gasteiger partial charge is 0.432 e. The Kier molecular flexibility index (Phi) is 3.61. The molecule has 0 fully saturated rings. The van der Waals surface area contributed by atoms with Crippen molar-refractivity contribution in [2.24, 2.45) is 0 Å². The molecule has 0 saturated heterocycles. The number of amides is 1. The van der Waals surface area contributed by atoms with Crippen LogP contribution in [0.3, 0.4) is 0 Å². The average Bonchev–Trinajstić information content (AvgIpc) is 2.74. The van der Waals surface area contributed by atoms with Gasteiger partial charge in [0.1, 0.15) is 6.26 Å². The highest BCUT2D eigenvalue weighted by Crippen LogP contribution is 2.25. The lowest BCUT2D eigenvalue weighted by molar-refractivity contribution is -0.385. The number of hydrogen-bond donors (Lipinski definition) is 1. The molecule has 2 rings (SSSR count). The van der Waals surface area contributed by atoms with Gasteiger partial charge in [-0.05, 0) is 35.0 Å². The number of aryl methyl sites for hydroxylation is 1. The van der Waals surface area contributed by atoms with Crippen LogP contribution in [0.15, 0.2) is 33.4 Å². The number of nitro benzene ring substituents is 1. The summed E-state index contributed by atoms with van der Waals surface area (Å²) in [5.74, 6) is -0.530. The van der Waals surface area contributed by atoms with Crippen LogP contribution in [0, 0.1) is 17.0 Å². The van der Waals surface area contributed by atoms with Crippen LogP contribution >= 0.6 is 15.9 Å². The zero-order valence-corrected chi connectivity index (χ0v) is 11.3. The van der Waals surface area contributed by atoms with Gasteiger partial charge < -0.3 is 4.42 Å². The molecule has 1 amide bonds. The SMILES string of the molecule is Cc1coc(NC(=O)c2ccc(Br)c([N+](=O)[O-])c2)n1. The Morgan fingerprint density at radius 1 is 1.53 bits per heavy atom. The summed E-state index contributed by atoms with van der Waals surface area (Å²) >= 11 is 3.05. The topological polar surface area (TPSA) is 98.3 Å². The fraction of sp³-hybridized carbons (Fsp3) is 0.0909. The number of nitro groups is 1. The lowest BCUT2D eigenvalue weighted by atomic mass is 10.2. The lowest BCUT2D eigenvalue weighted by Crippen LogP contribution is -2.12. The van der Waals surface area contributed by atoms with Gasteiger partial charge in [-0.25, -0.2) is 0 Å². The molecule has 0 aliphatic rings. The lowest BCUT2D eigenvalue weighted by Gasteiger charge is -2.02. The molecule has 1 aromatic heterocycles. The zero-order chi connectivity index (χ0) is 14.0. The maximum atomic E-state index is 11.9. The monoisotopic (exact) mass is 325 g/mol. The maximum absolute atomic E-state index is 11.9. The fourth-order valence-corrected chi connectivity index (χ4v) is 1.77. The van der Waals surface area contributed by atoms with Crippen LogP contribution in [0.5, 0.6) is 0 Å². The molecular formula is C11H8BrN3O4. The van der Waals surface area contributed by atoms with Crippen LogP contribution in [-0.2, 0) is 0 Å². The van der Waals surface area contributed by atoms with Crippen LogP contribution in [0.25, 0.3) is 0 Å².